The fourth-order valence-corrected chi connectivity index (χ4v) is 2.89. The Bertz CT molecular complexity index is 579. The zero-order valence-corrected chi connectivity index (χ0v) is 14.5. The summed E-state index contributed by atoms with van der Waals surface area (Å²) < 4.78 is 11.8. The van der Waals surface area contributed by atoms with Gasteiger partial charge in [0, 0.05) is 32.4 Å². The summed E-state index contributed by atoms with van der Waals surface area (Å²) in [5.74, 6) is 0.567. The maximum Gasteiger partial charge on any atom is 0.211 e. The molecule has 1 atom stereocenters. The van der Waals surface area contributed by atoms with Gasteiger partial charge in [-0.15, -0.1) is 0 Å². The van der Waals surface area contributed by atoms with Crippen LogP contribution in [0, 0.1) is 0 Å². The van der Waals surface area contributed by atoms with Gasteiger partial charge >= 0.3 is 0 Å². The molecule has 0 aromatic heterocycles. The van der Waals surface area contributed by atoms with Gasteiger partial charge in [-0.2, -0.15) is 0 Å². The molecule has 2 heteroatoms. The normalized spacial score (nSPS) is 21.0. The predicted molar refractivity (Wildman–Crippen MR) is 93.3 cm³/mol. The molecule has 2 rings (SSSR count). The Hall–Kier alpha value is -1.54. The van der Waals surface area contributed by atoms with Crippen LogP contribution < -0.4 is 0 Å². The summed E-state index contributed by atoms with van der Waals surface area (Å²) in [6.07, 6.45) is 6.33. The maximum atomic E-state index is 6.16. The topological polar surface area (TPSA) is 18.5 Å². The summed E-state index contributed by atoms with van der Waals surface area (Å²) in [5.41, 5.74) is 5.13. The van der Waals surface area contributed by atoms with E-state index >= 15 is 0 Å². The molecular formula is C20H28O2. The van der Waals surface area contributed by atoms with Crippen molar-refractivity contribution in [3.05, 3.63) is 46.7 Å². The van der Waals surface area contributed by atoms with E-state index in [9.17, 15) is 0 Å². The molecule has 1 aromatic carbocycles. The average molecular weight is 300 g/mol. The summed E-state index contributed by atoms with van der Waals surface area (Å²) in [5, 5.41) is 0. The monoisotopic (exact) mass is 300 g/mol. The highest BCUT2D eigenvalue weighted by molar-refractivity contribution is 5.77. The second-order valence-electron chi connectivity index (χ2n) is 6.43. The van der Waals surface area contributed by atoms with Crippen LogP contribution in [0.5, 0.6) is 0 Å². The largest absolute Gasteiger partial charge is 0.466 e. The first kappa shape index (κ1) is 16.8. The smallest absolute Gasteiger partial charge is 0.211 e. The molecule has 0 spiro atoms. The lowest BCUT2D eigenvalue weighted by Gasteiger charge is -2.23. The van der Waals surface area contributed by atoms with E-state index in [0.717, 1.165) is 25.0 Å². The fraction of sp³-hybridized carbons (Fsp3) is 0.500. The van der Waals surface area contributed by atoms with Crippen LogP contribution in [0.25, 0.3) is 11.6 Å². The van der Waals surface area contributed by atoms with Crippen molar-refractivity contribution in [1.82, 2.24) is 0 Å². The van der Waals surface area contributed by atoms with E-state index in [0.29, 0.717) is 0 Å². The molecule has 0 aliphatic carbocycles. The van der Waals surface area contributed by atoms with E-state index in [4.69, 9.17) is 9.47 Å². The summed E-state index contributed by atoms with van der Waals surface area (Å²) >= 11 is 0. The predicted octanol–water partition coefficient (Wildman–Crippen LogP) is 5.79. The lowest BCUT2D eigenvalue weighted by atomic mass is 9.93. The highest BCUT2D eigenvalue weighted by Crippen LogP contribution is 2.42. The molecule has 0 radical (unpaired) electrons. The van der Waals surface area contributed by atoms with E-state index in [1.807, 2.05) is 6.92 Å². The van der Waals surface area contributed by atoms with Gasteiger partial charge in [-0.3, -0.25) is 0 Å². The van der Waals surface area contributed by atoms with E-state index in [1.54, 1.807) is 7.11 Å². The molecule has 0 bridgehead atoms. The third kappa shape index (κ3) is 3.80. The van der Waals surface area contributed by atoms with Crippen LogP contribution in [0.15, 0.2) is 35.6 Å². The Morgan fingerprint density at radius 2 is 2.05 bits per heavy atom. The number of hydrogen-bond donors (Lipinski definition) is 0. The molecule has 1 heterocycles. The van der Waals surface area contributed by atoms with Crippen molar-refractivity contribution in [2.45, 2.75) is 59.2 Å². The van der Waals surface area contributed by atoms with E-state index in [1.165, 1.54) is 28.7 Å². The van der Waals surface area contributed by atoms with E-state index in [2.05, 4.69) is 51.1 Å². The minimum atomic E-state index is -0.531. The maximum absolute atomic E-state index is 6.16. The van der Waals surface area contributed by atoms with Crippen LogP contribution in [0.2, 0.25) is 0 Å². The van der Waals surface area contributed by atoms with Crippen LogP contribution in [0.1, 0.15) is 64.5 Å². The number of allylic oxidation sites excluding steroid dienone is 2. The molecule has 1 aromatic rings. The minimum absolute atomic E-state index is 0.531. The molecule has 1 aliphatic heterocycles. The number of ether oxygens (including phenoxy) is 2. The third-order valence-corrected chi connectivity index (χ3v) is 4.09. The lowest BCUT2D eigenvalue weighted by Crippen LogP contribution is -2.26. The van der Waals surface area contributed by atoms with Crippen molar-refractivity contribution in [2.75, 3.05) is 7.11 Å². The first-order valence-electron chi connectivity index (χ1n) is 8.19. The van der Waals surface area contributed by atoms with Gasteiger partial charge in [0.25, 0.3) is 0 Å². The Kier molecular flexibility index (Phi) is 5.47. The number of benzene rings is 1. The van der Waals surface area contributed by atoms with Crippen LogP contribution in [-0.4, -0.2) is 12.9 Å². The van der Waals surface area contributed by atoms with Gasteiger partial charge in [0.05, 0.1) is 0 Å². The molecule has 0 amide bonds. The average Bonchev–Trinajstić information content (AvgIpc) is 2.83. The standard InChI is InChI=1S/C20H28O2/c1-6-7-12-19-18(14-20(4,21-5)22-19)17-11-9-8-10-16(17)13-15(2)3/h8-11,13H,6-7,12,14H2,1-5H3. The van der Waals surface area contributed by atoms with Gasteiger partial charge in [-0.25, -0.2) is 0 Å². The summed E-state index contributed by atoms with van der Waals surface area (Å²) in [6, 6.07) is 8.57. The number of unbranched alkanes of at least 4 members (excludes halogenated alkanes) is 1. The summed E-state index contributed by atoms with van der Waals surface area (Å²) in [6.45, 7) is 8.50. The first-order valence-corrected chi connectivity index (χ1v) is 8.19. The zero-order chi connectivity index (χ0) is 16.2. The van der Waals surface area contributed by atoms with Gasteiger partial charge in [0.2, 0.25) is 5.79 Å². The van der Waals surface area contributed by atoms with Crippen LogP contribution in [0.3, 0.4) is 0 Å². The molecule has 120 valence electrons. The Balaban J connectivity index is 2.45. The first-order chi connectivity index (χ1) is 10.5. The highest BCUT2D eigenvalue weighted by Gasteiger charge is 2.37. The Morgan fingerprint density at radius 1 is 1.32 bits per heavy atom. The highest BCUT2D eigenvalue weighted by atomic mass is 16.7. The van der Waals surface area contributed by atoms with E-state index < -0.39 is 5.79 Å². The molecule has 0 fully saturated rings. The zero-order valence-electron chi connectivity index (χ0n) is 14.5. The van der Waals surface area contributed by atoms with Gasteiger partial charge in [0.15, 0.2) is 0 Å². The van der Waals surface area contributed by atoms with Gasteiger partial charge in [0.1, 0.15) is 5.76 Å². The van der Waals surface area contributed by atoms with Crippen molar-refractivity contribution >= 4 is 11.6 Å². The van der Waals surface area contributed by atoms with Crippen molar-refractivity contribution in [3.8, 4) is 0 Å². The van der Waals surface area contributed by atoms with Crippen LogP contribution in [-0.2, 0) is 9.47 Å². The quantitative estimate of drug-likeness (QED) is 0.661. The fourth-order valence-electron chi connectivity index (χ4n) is 2.89. The molecule has 2 nitrogen and oxygen atoms in total. The number of hydrogen-bond acceptors (Lipinski definition) is 2. The van der Waals surface area contributed by atoms with Crippen molar-refractivity contribution in [3.63, 3.8) is 0 Å². The lowest BCUT2D eigenvalue weighted by molar-refractivity contribution is -0.170. The van der Waals surface area contributed by atoms with Crippen LogP contribution in [0.4, 0.5) is 0 Å². The van der Waals surface area contributed by atoms with Gasteiger partial charge < -0.3 is 9.47 Å². The van der Waals surface area contributed by atoms with Gasteiger partial charge in [-0.05, 0) is 31.4 Å². The van der Waals surface area contributed by atoms with Crippen LogP contribution >= 0.6 is 0 Å². The SMILES string of the molecule is CCCCC1=C(c2ccccc2C=C(C)C)CC(C)(OC)O1. The molecule has 0 saturated carbocycles. The Morgan fingerprint density at radius 3 is 2.68 bits per heavy atom. The molecule has 0 N–H and O–H groups in total. The Labute approximate surface area is 134 Å². The summed E-state index contributed by atoms with van der Waals surface area (Å²) in [4.78, 5) is 0. The minimum Gasteiger partial charge on any atom is -0.466 e. The second kappa shape index (κ2) is 7.15. The van der Waals surface area contributed by atoms with Crippen molar-refractivity contribution < 1.29 is 9.47 Å². The summed E-state index contributed by atoms with van der Waals surface area (Å²) in [7, 11) is 1.72. The number of rotatable bonds is 6. The van der Waals surface area contributed by atoms with Crippen molar-refractivity contribution in [1.29, 1.82) is 0 Å². The molecular weight excluding hydrogens is 272 g/mol. The molecule has 22 heavy (non-hydrogen) atoms. The second-order valence-corrected chi connectivity index (χ2v) is 6.43. The molecule has 1 aliphatic rings. The van der Waals surface area contributed by atoms with Crippen molar-refractivity contribution in [2.24, 2.45) is 0 Å². The molecule has 1 unspecified atom stereocenters. The molecule has 0 saturated heterocycles. The van der Waals surface area contributed by atoms with Gasteiger partial charge in [-0.1, -0.05) is 49.3 Å². The number of methoxy groups -OCH3 is 1. The third-order valence-electron chi connectivity index (χ3n) is 4.09. The van der Waals surface area contributed by atoms with E-state index in [-0.39, 0.29) is 0 Å².